The van der Waals surface area contributed by atoms with Gasteiger partial charge >= 0.3 is 0 Å². The largest absolute Gasteiger partial charge is 0.345 e. The summed E-state index contributed by atoms with van der Waals surface area (Å²) < 4.78 is 0.834. The number of nitrogens with zero attached hydrogens (tertiary/aromatic N) is 3. The van der Waals surface area contributed by atoms with Gasteiger partial charge in [0.15, 0.2) is 4.34 Å². The summed E-state index contributed by atoms with van der Waals surface area (Å²) in [6, 6.07) is 4.13. The van der Waals surface area contributed by atoms with E-state index >= 15 is 0 Å². The Balaban J connectivity index is 1.72. The van der Waals surface area contributed by atoms with Crippen molar-refractivity contribution in [1.82, 2.24) is 20.2 Å². The number of hydrogen-bond acceptors (Lipinski definition) is 6. The van der Waals surface area contributed by atoms with Crippen molar-refractivity contribution in [2.75, 3.05) is 5.32 Å². The van der Waals surface area contributed by atoms with Crippen molar-refractivity contribution in [3.8, 4) is 0 Å². The number of rotatable bonds is 4. The molecule has 0 aliphatic rings. The number of hydrogen-bond donors (Lipinski definition) is 2. The highest BCUT2D eigenvalue weighted by molar-refractivity contribution is 8.00. The van der Waals surface area contributed by atoms with Crippen LogP contribution in [-0.4, -0.2) is 26.1 Å². The molecule has 0 atom stereocenters. The number of nitrogens with one attached hydrogen (secondary N) is 2. The van der Waals surface area contributed by atoms with Gasteiger partial charge in [-0.05, 0) is 24.1 Å². The predicted molar refractivity (Wildman–Crippen MR) is 84.6 cm³/mol. The topological polar surface area (TPSA) is 83.6 Å². The molecule has 0 fully saturated rings. The zero-order valence-corrected chi connectivity index (χ0v) is 13.1. The number of aromatic nitrogens is 4. The number of thioether (sulfide) groups is 1. The van der Waals surface area contributed by atoms with Crippen LogP contribution in [0.15, 0.2) is 22.8 Å². The first-order valence-electron chi connectivity index (χ1n) is 6.29. The number of aryl methyl sites for hydroxylation is 1. The Morgan fingerprint density at radius 3 is 3.10 bits per heavy atom. The molecule has 3 rings (SSSR count). The Bertz CT molecular complexity index is 795. The quantitative estimate of drug-likeness (QED) is 0.570. The first kappa shape index (κ1) is 14.0. The van der Waals surface area contributed by atoms with Gasteiger partial charge < -0.3 is 10.3 Å². The monoisotopic (exact) mass is 319 g/mol. The maximum Gasteiger partial charge on any atom is 0.223 e. The summed E-state index contributed by atoms with van der Waals surface area (Å²) in [6.07, 6.45) is 1.71. The van der Waals surface area contributed by atoms with Gasteiger partial charge in [0.2, 0.25) is 11.0 Å². The number of amides is 1. The van der Waals surface area contributed by atoms with Crippen LogP contribution < -0.4 is 5.32 Å². The fraction of sp³-hybridized carbons (Fsp3) is 0.231. The number of carbonyl (C=O) groups excluding carboxylic acids is 1. The van der Waals surface area contributed by atoms with E-state index < -0.39 is 0 Å². The molecule has 8 heteroatoms. The lowest BCUT2D eigenvalue weighted by Crippen LogP contribution is -2.04. The molecule has 0 bridgehead atoms. The zero-order valence-electron chi connectivity index (χ0n) is 11.5. The van der Waals surface area contributed by atoms with Gasteiger partial charge in [0, 0.05) is 12.7 Å². The summed E-state index contributed by atoms with van der Waals surface area (Å²) in [6.45, 7) is 3.53. The minimum absolute atomic E-state index is 0.137. The summed E-state index contributed by atoms with van der Waals surface area (Å²) in [5.41, 5.74) is 4.44. The van der Waals surface area contributed by atoms with E-state index in [9.17, 15) is 4.79 Å². The summed E-state index contributed by atoms with van der Waals surface area (Å²) in [7, 11) is 0. The third-order valence-corrected chi connectivity index (χ3v) is 5.02. The Morgan fingerprint density at radius 2 is 2.29 bits per heavy atom. The predicted octanol–water partition coefficient (Wildman–Crippen LogP) is 2.97. The number of carbonyl (C=O) groups is 1. The molecule has 0 spiro atoms. The van der Waals surface area contributed by atoms with Crippen molar-refractivity contribution >= 4 is 45.2 Å². The van der Waals surface area contributed by atoms with Crippen molar-refractivity contribution in [2.45, 2.75) is 23.9 Å². The van der Waals surface area contributed by atoms with Gasteiger partial charge in [0.1, 0.15) is 0 Å². The van der Waals surface area contributed by atoms with Crippen LogP contribution in [0.2, 0.25) is 0 Å². The van der Waals surface area contributed by atoms with E-state index in [1.807, 2.05) is 6.07 Å². The molecule has 2 aromatic heterocycles. The molecule has 0 saturated carbocycles. The van der Waals surface area contributed by atoms with Gasteiger partial charge in [0.05, 0.1) is 17.4 Å². The standard InChI is InChI=1S/C13H13N5OS2/c1-7-9(3-4-10-11(7)15-6-14-10)5-20-13-18-17-12(21-13)16-8(2)19/h3-4,6H,5H2,1-2H3,(H,14,15)(H,16,17,19). The van der Waals surface area contributed by atoms with Crippen LogP contribution in [0.25, 0.3) is 11.0 Å². The smallest absolute Gasteiger partial charge is 0.223 e. The molecule has 0 radical (unpaired) electrons. The van der Waals surface area contributed by atoms with Crippen molar-refractivity contribution in [2.24, 2.45) is 0 Å². The van der Waals surface area contributed by atoms with Gasteiger partial charge in [-0.3, -0.25) is 4.79 Å². The maximum absolute atomic E-state index is 11.0. The minimum atomic E-state index is -0.137. The van der Waals surface area contributed by atoms with E-state index in [0.717, 1.165) is 21.1 Å². The SMILES string of the molecule is CC(=O)Nc1nnc(SCc2ccc3[nH]cnc3c2C)s1. The third kappa shape index (κ3) is 3.06. The fourth-order valence-electron chi connectivity index (χ4n) is 1.96. The van der Waals surface area contributed by atoms with E-state index in [1.54, 1.807) is 18.1 Å². The molecule has 1 aromatic carbocycles. The zero-order chi connectivity index (χ0) is 14.8. The molecule has 2 N–H and O–H groups in total. The van der Waals surface area contributed by atoms with E-state index in [0.29, 0.717) is 5.13 Å². The average Bonchev–Trinajstić information content (AvgIpc) is 3.06. The van der Waals surface area contributed by atoms with E-state index in [4.69, 9.17) is 0 Å². The molecule has 108 valence electrons. The van der Waals surface area contributed by atoms with Gasteiger partial charge in [-0.1, -0.05) is 29.2 Å². The Morgan fingerprint density at radius 1 is 1.43 bits per heavy atom. The second kappa shape index (κ2) is 5.82. The van der Waals surface area contributed by atoms with Crippen LogP contribution in [0.4, 0.5) is 5.13 Å². The Labute approximate surface area is 129 Å². The van der Waals surface area contributed by atoms with E-state index in [-0.39, 0.29) is 5.91 Å². The lowest BCUT2D eigenvalue weighted by molar-refractivity contribution is -0.114. The van der Waals surface area contributed by atoms with Gasteiger partial charge in [-0.2, -0.15) is 0 Å². The second-order valence-electron chi connectivity index (χ2n) is 4.49. The second-order valence-corrected chi connectivity index (χ2v) is 6.69. The summed E-state index contributed by atoms with van der Waals surface area (Å²) in [4.78, 5) is 18.4. The highest BCUT2D eigenvalue weighted by Crippen LogP contribution is 2.30. The van der Waals surface area contributed by atoms with Crippen LogP contribution in [0.1, 0.15) is 18.1 Å². The summed E-state index contributed by atoms with van der Waals surface area (Å²) >= 11 is 2.98. The average molecular weight is 319 g/mol. The number of anilines is 1. The molecule has 21 heavy (non-hydrogen) atoms. The van der Waals surface area contributed by atoms with Crippen LogP contribution >= 0.6 is 23.1 Å². The fourth-order valence-corrected chi connectivity index (χ4v) is 3.82. The van der Waals surface area contributed by atoms with Gasteiger partial charge in [-0.25, -0.2) is 4.98 Å². The Hall–Kier alpha value is -1.93. The summed E-state index contributed by atoms with van der Waals surface area (Å²) in [5.74, 6) is 0.658. The third-order valence-electron chi connectivity index (χ3n) is 3.00. The molecular formula is C13H13N5OS2. The molecule has 0 aliphatic heterocycles. The lowest BCUT2D eigenvalue weighted by Gasteiger charge is -2.04. The van der Waals surface area contributed by atoms with Crippen molar-refractivity contribution in [3.05, 3.63) is 29.6 Å². The molecule has 0 aliphatic carbocycles. The van der Waals surface area contributed by atoms with Gasteiger partial charge in [0.25, 0.3) is 0 Å². The molecule has 0 unspecified atom stereocenters. The molecule has 0 saturated heterocycles. The van der Waals surface area contributed by atoms with Crippen LogP contribution in [-0.2, 0) is 10.5 Å². The van der Waals surface area contributed by atoms with Crippen molar-refractivity contribution in [1.29, 1.82) is 0 Å². The van der Waals surface area contributed by atoms with E-state index in [2.05, 4.69) is 38.5 Å². The lowest BCUT2D eigenvalue weighted by atomic mass is 10.1. The molecule has 2 heterocycles. The molecule has 6 nitrogen and oxygen atoms in total. The molecular weight excluding hydrogens is 306 g/mol. The number of imidazole rings is 1. The number of aromatic amines is 1. The van der Waals surface area contributed by atoms with E-state index in [1.165, 1.54) is 29.4 Å². The van der Waals surface area contributed by atoms with Crippen LogP contribution in [0.5, 0.6) is 0 Å². The molecule has 1 amide bonds. The Kier molecular flexibility index (Phi) is 3.89. The minimum Gasteiger partial charge on any atom is -0.345 e. The van der Waals surface area contributed by atoms with Crippen LogP contribution in [0, 0.1) is 6.92 Å². The normalized spacial score (nSPS) is 11.0. The van der Waals surface area contributed by atoms with Gasteiger partial charge in [-0.15, -0.1) is 10.2 Å². The first-order valence-corrected chi connectivity index (χ1v) is 8.09. The highest BCUT2D eigenvalue weighted by Gasteiger charge is 2.09. The van der Waals surface area contributed by atoms with Crippen molar-refractivity contribution in [3.63, 3.8) is 0 Å². The highest BCUT2D eigenvalue weighted by atomic mass is 32.2. The number of fused-ring (bicyclic) bond motifs is 1. The number of benzene rings is 1. The maximum atomic E-state index is 11.0. The first-order chi connectivity index (χ1) is 10.1. The number of H-pyrrole nitrogens is 1. The summed E-state index contributed by atoms with van der Waals surface area (Å²) in [5, 5.41) is 11.2. The molecule has 3 aromatic rings. The van der Waals surface area contributed by atoms with Crippen LogP contribution in [0.3, 0.4) is 0 Å². The van der Waals surface area contributed by atoms with Crippen molar-refractivity contribution < 1.29 is 4.79 Å².